The van der Waals surface area contributed by atoms with Crippen molar-refractivity contribution in [3.63, 3.8) is 0 Å². The van der Waals surface area contributed by atoms with Crippen LogP contribution in [0.4, 0.5) is 4.39 Å². The molecule has 0 saturated carbocycles. The highest BCUT2D eigenvalue weighted by Gasteiger charge is 2.14. The fourth-order valence-corrected chi connectivity index (χ4v) is 2.01. The van der Waals surface area contributed by atoms with E-state index in [1.165, 1.54) is 12.1 Å². The van der Waals surface area contributed by atoms with Crippen LogP contribution < -0.4 is 10.1 Å². The molecule has 1 saturated heterocycles. The molecule has 1 aromatic carbocycles. The Morgan fingerprint density at radius 1 is 1.50 bits per heavy atom. The van der Waals surface area contributed by atoms with Gasteiger partial charge >= 0.3 is 0 Å². The van der Waals surface area contributed by atoms with Crippen molar-refractivity contribution in [2.45, 2.75) is 13.3 Å². The molecule has 0 amide bonds. The molecule has 1 heterocycles. The summed E-state index contributed by atoms with van der Waals surface area (Å²) in [5.41, 5.74) is 0.959. The Hall–Kier alpha value is -1.13. The molecule has 1 atom stereocenters. The van der Waals surface area contributed by atoms with E-state index in [2.05, 4.69) is 5.32 Å². The second-order valence-electron chi connectivity index (χ2n) is 4.69. The van der Waals surface area contributed by atoms with Crippen molar-refractivity contribution < 1.29 is 13.9 Å². The minimum atomic E-state index is -0.258. The van der Waals surface area contributed by atoms with Crippen LogP contribution in [0.25, 0.3) is 0 Å². The van der Waals surface area contributed by atoms with Gasteiger partial charge in [-0.05, 0) is 30.9 Å². The highest BCUT2D eigenvalue weighted by atomic mass is 19.1. The monoisotopic (exact) mass is 253 g/mol. The van der Waals surface area contributed by atoms with Crippen molar-refractivity contribution in [2.75, 3.05) is 32.9 Å². The van der Waals surface area contributed by atoms with E-state index in [0.29, 0.717) is 18.3 Å². The van der Waals surface area contributed by atoms with Crippen molar-refractivity contribution >= 4 is 0 Å². The third-order valence-electron chi connectivity index (χ3n) is 3.14. The molecule has 1 aromatic rings. The first-order valence-electron chi connectivity index (χ1n) is 6.43. The smallest absolute Gasteiger partial charge is 0.126 e. The normalized spacial score (nSPS) is 19.1. The molecule has 100 valence electrons. The largest absolute Gasteiger partial charge is 0.492 e. The molecule has 4 heteroatoms. The van der Waals surface area contributed by atoms with E-state index in [1.807, 2.05) is 6.92 Å². The van der Waals surface area contributed by atoms with Crippen molar-refractivity contribution in [1.29, 1.82) is 0 Å². The molecular formula is C14H20FNO2. The lowest BCUT2D eigenvalue weighted by Crippen LogP contribution is -2.27. The van der Waals surface area contributed by atoms with E-state index in [1.54, 1.807) is 6.07 Å². The van der Waals surface area contributed by atoms with Gasteiger partial charge in [-0.1, -0.05) is 6.07 Å². The summed E-state index contributed by atoms with van der Waals surface area (Å²) >= 11 is 0. The second kappa shape index (κ2) is 6.71. The number of benzene rings is 1. The maximum atomic E-state index is 13.0. The molecule has 0 radical (unpaired) electrons. The summed E-state index contributed by atoms with van der Waals surface area (Å²) in [5, 5.41) is 3.33. The Kier molecular flexibility index (Phi) is 4.96. The fourth-order valence-electron chi connectivity index (χ4n) is 2.01. The Morgan fingerprint density at radius 2 is 2.39 bits per heavy atom. The van der Waals surface area contributed by atoms with Gasteiger partial charge in [0.1, 0.15) is 18.2 Å². The van der Waals surface area contributed by atoms with Gasteiger partial charge < -0.3 is 14.8 Å². The van der Waals surface area contributed by atoms with Crippen LogP contribution in [-0.4, -0.2) is 32.9 Å². The second-order valence-corrected chi connectivity index (χ2v) is 4.69. The first-order valence-corrected chi connectivity index (χ1v) is 6.43. The van der Waals surface area contributed by atoms with E-state index in [4.69, 9.17) is 9.47 Å². The summed E-state index contributed by atoms with van der Waals surface area (Å²) in [6.07, 6.45) is 1.14. The quantitative estimate of drug-likeness (QED) is 0.788. The molecule has 0 spiro atoms. The van der Waals surface area contributed by atoms with Crippen molar-refractivity contribution in [3.8, 4) is 5.75 Å². The summed E-state index contributed by atoms with van der Waals surface area (Å²) < 4.78 is 23.9. The molecule has 0 aromatic heterocycles. The molecule has 3 nitrogen and oxygen atoms in total. The number of rotatable bonds is 6. The van der Waals surface area contributed by atoms with Gasteiger partial charge in [-0.3, -0.25) is 0 Å². The number of aryl methyl sites for hydroxylation is 1. The Bertz CT molecular complexity index is 378. The number of halogens is 1. The lowest BCUT2D eigenvalue weighted by atomic mass is 10.1. The fraction of sp³-hybridized carbons (Fsp3) is 0.571. The highest BCUT2D eigenvalue weighted by Crippen LogP contribution is 2.18. The maximum absolute atomic E-state index is 13.0. The Labute approximate surface area is 107 Å². The minimum Gasteiger partial charge on any atom is -0.492 e. The van der Waals surface area contributed by atoms with Gasteiger partial charge in [0.25, 0.3) is 0 Å². The van der Waals surface area contributed by atoms with Crippen LogP contribution >= 0.6 is 0 Å². The van der Waals surface area contributed by atoms with Crippen LogP contribution in [0.5, 0.6) is 5.75 Å². The molecule has 18 heavy (non-hydrogen) atoms. The lowest BCUT2D eigenvalue weighted by molar-refractivity contribution is 0.185. The first kappa shape index (κ1) is 13.3. The van der Waals surface area contributed by atoms with Gasteiger partial charge in [-0.15, -0.1) is 0 Å². The summed E-state index contributed by atoms with van der Waals surface area (Å²) in [7, 11) is 0. The summed E-state index contributed by atoms with van der Waals surface area (Å²) in [6, 6.07) is 4.61. The predicted molar refractivity (Wildman–Crippen MR) is 68.4 cm³/mol. The molecule has 1 unspecified atom stereocenters. The number of hydrogen-bond donors (Lipinski definition) is 1. The first-order chi connectivity index (χ1) is 8.75. The predicted octanol–water partition coefficient (Wildman–Crippen LogP) is 2.14. The van der Waals surface area contributed by atoms with Gasteiger partial charge in [0.2, 0.25) is 0 Å². The van der Waals surface area contributed by atoms with Crippen LogP contribution in [0.1, 0.15) is 12.0 Å². The van der Waals surface area contributed by atoms with E-state index in [0.717, 1.165) is 38.3 Å². The van der Waals surface area contributed by atoms with Gasteiger partial charge in [0, 0.05) is 25.8 Å². The zero-order chi connectivity index (χ0) is 12.8. The zero-order valence-corrected chi connectivity index (χ0v) is 10.7. The molecule has 0 bridgehead atoms. The van der Waals surface area contributed by atoms with Crippen LogP contribution in [0, 0.1) is 18.7 Å². The Balaban J connectivity index is 1.64. The van der Waals surface area contributed by atoms with E-state index < -0.39 is 0 Å². The summed E-state index contributed by atoms with van der Waals surface area (Å²) in [6.45, 7) is 5.94. The van der Waals surface area contributed by atoms with Gasteiger partial charge in [0.15, 0.2) is 0 Å². The maximum Gasteiger partial charge on any atom is 0.126 e. The van der Waals surface area contributed by atoms with Gasteiger partial charge in [-0.2, -0.15) is 0 Å². The zero-order valence-electron chi connectivity index (χ0n) is 10.7. The van der Waals surface area contributed by atoms with Crippen LogP contribution in [0.3, 0.4) is 0 Å². The summed E-state index contributed by atoms with van der Waals surface area (Å²) in [5.74, 6) is 0.994. The third kappa shape index (κ3) is 3.96. The van der Waals surface area contributed by atoms with E-state index >= 15 is 0 Å². The molecule has 2 rings (SSSR count). The van der Waals surface area contributed by atoms with Crippen molar-refractivity contribution in [2.24, 2.45) is 5.92 Å². The average Bonchev–Trinajstić information content (AvgIpc) is 2.86. The number of hydrogen-bond acceptors (Lipinski definition) is 3. The summed E-state index contributed by atoms with van der Waals surface area (Å²) in [4.78, 5) is 0. The number of nitrogens with one attached hydrogen (secondary N) is 1. The van der Waals surface area contributed by atoms with Gasteiger partial charge in [-0.25, -0.2) is 4.39 Å². The standard InChI is InChI=1S/C14H20FNO2/c1-11-2-3-13(15)8-14(11)18-7-5-16-9-12-4-6-17-10-12/h2-3,8,12,16H,4-7,9-10H2,1H3. The molecular weight excluding hydrogens is 233 g/mol. The Morgan fingerprint density at radius 3 is 3.17 bits per heavy atom. The molecule has 1 N–H and O–H groups in total. The van der Waals surface area contributed by atoms with E-state index in [9.17, 15) is 4.39 Å². The van der Waals surface area contributed by atoms with Crippen molar-refractivity contribution in [3.05, 3.63) is 29.6 Å². The molecule has 0 aliphatic carbocycles. The topological polar surface area (TPSA) is 30.5 Å². The molecule has 1 aliphatic heterocycles. The minimum absolute atomic E-state index is 0.258. The van der Waals surface area contributed by atoms with Crippen molar-refractivity contribution in [1.82, 2.24) is 5.32 Å². The highest BCUT2D eigenvalue weighted by molar-refractivity contribution is 5.32. The SMILES string of the molecule is Cc1ccc(F)cc1OCCNCC1CCOC1. The molecule has 1 fully saturated rings. The van der Waals surface area contributed by atoms with E-state index in [-0.39, 0.29) is 5.82 Å². The molecule has 1 aliphatic rings. The van der Waals surface area contributed by atoms with Crippen LogP contribution in [-0.2, 0) is 4.74 Å². The van der Waals surface area contributed by atoms with Crippen LogP contribution in [0.15, 0.2) is 18.2 Å². The number of ether oxygens (including phenoxy) is 2. The van der Waals surface area contributed by atoms with Gasteiger partial charge in [0.05, 0.1) is 6.61 Å². The lowest BCUT2D eigenvalue weighted by Gasteiger charge is -2.11. The van der Waals surface area contributed by atoms with Crippen LogP contribution in [0.2, 0.25) is 0 Å². The third-order valence-corrected chi connectivity index (χ3v) is 3.14. The average molecular weight is 253 g/mol.